The molecule has 172 valence electrons. The minimum absolute atomic E-state index is 0.0692. The lowest BCUT2D eigenvalue weighted by Gasteiger charge is -2.09. The van der Waals surface area contributed by atoms with Crippen molar-refractivity contribution in [3.05, 3.63) is 82.0 Å². The Bertz CT molecular complexity index is 1570. The zero-order valence-corrected chi connectivity index (χ0v) is 20.0. The van der Waals surface area contributed by atoms with E-state index in [0.29, 0.717) is 34.3 Å². The van der Waals surface area contributed by atoms with Gasteiger partial charge in [0.15, 0.2) is 16.6 Å². The van der Waals surface area contributed by atoms with E-state index in [1.54, 1.807) is 13.0 Å². The Labute approximate surface area is 202 Å². The van der Waals surface area contributed by atoms with E-state index >= 15 is 0 Å². The van der Waals surface area contributed by atoms with Crippen LogP contribution in [-0.4, -0.2) is 27.1 Å². The second-order valence-electron chi connectivity index (χ2n) is 7.64. The number of aryl methyl sites for hydroxylation is 2. The maximum Gasteiger partial charge on any atom is 0.287 e. The lowest BCUT2D eigenvalue weighted by molar-refractivity contribution is -0.118. The molecule has 5 rings (SSSR count). The molecule has 0 saturated heterocycles. The van der Waals surface area contributed by atoms with Crippen LogP contribution in [0, 0.1) is 13.8 Å². The molecule has 2 aromatic carbocycles. The van der Waals surface area contributed by atoms with Crippen molar-refractivity contribution < 1.29 is 14.1 Å². The minimum atomic E-state index is -0.246. The summed E-state index contributed by atoms with van der Waals surface area (Å²) in [6.45, 7) is 3.64. The summed E-state index contributed by atoms with van der Waals surface area (Å²) in [5.74, 6) is 1.60. The van der Waals surface area contributed by atoms with Gasteiger partial charge in [-0.15, -0.1) is 15.9 Å². The Balaban J connectivity index is 1.23. The molecule has 0 radical (unpaired) electrons. The molecule has 1 amide bonds. The average Bonchev–Trinajstić information content (AvgIpc) is 3.39. The Hall–Kier alpha value is -3.63. The quantitative estimate of drug-likeness (QED) is 0.325. The number of anilines is 1. The number of fused-ring (bicyclic) bond motifs is 2. The van der Waals surface area contributed by atoms with Crippen LogP contribution in [0.15, 0.2) is 68.3 Å². The molecule has 8 nitrogen and oxygen atoms in total. The number of aromatic nitrogens is 3. The molecule has 0 aliphatic rings. The van der Waals surface area contributed by atoms with Crippen molar-refractivity contribution >= 4 is 50.6 Å². The summed E-state index contributed by atoms with van der Waals surface area (Å²) >= 11 is 3.03. The van der Waals surface area contributed by atoms with Crippen LogP contribution in [0.5, 0.6) is 5.75 Å². The molecule has 0 aliphatic heterocycles. The molecule has 0 aliphatic carbocycles. The number of thiazole rings is 1. The van der Waals surface area contributed by atoms with Gasteiger partial charge >= 0.3 is 0 Å². The number of amides is 1. The number of benzene rings is 2. The normalized spacial score (nSPS) is 11.2. The van der Waals surface area contributed by atoms with Crippen LogP contribution in [-0.2, 0) is 10.5 Å². The highest BCUT2D eigenvalue weighted by molar-refractivity contribution is 8.00. The minimum Gasteiger partial charge on any atom is -0.483 e. The number of carbonyl (C=O) groups is 1. The number of ether oxygens (including phenoxy) is 1. The molecular formula is C24H20N4O4S2. The van der Waals surface area contributed by atoms with Crippen LogP contribution in [0.25, 0.3) is 15.9 Å². The van der Waals surface area contributed by atoms with Gasteiger partial charge in [-0.3, -0.25) is 9.59 Å². The molecule has 34 heavy (non-hydrogen) atoms. The highest BCUT2D eigenvalue weighted by Crippen LogP contribution is 2.32. The van der Waals surface area contributed by atoms with Gasteiger partial charge in [-0.1, -0.05) is 30.0 Å². The van der Waals surface area contributed by atoms with Crippen LogP contribution >= 0.6 is 23.1 Å². The summed E-state index contributed by atoms with van der Waals surface area (Å²) in [7, 11) is 0. The maximum absolute atomic E-state index is 12.3. The molecule has 0 bridgehead atoms. The first kappa shape index (κ1) is 22.2. The van der Waals surface area contributed by atoms with Crippen LogP contribution in [0.1, 0.15) is 17.0 Å². The van der Waals surface area contributed by atoms with Crippen molar-refractivity contribution in [3.63, 3.8) is 0 Å². The molecule has 0 spiro atoms. The number of hydrogen-bond donors (Lipinski definition) is 1. The largest absolute Gasteiger partial charge is 0.483 e. The number of nitrogens with one attached hydrogen (secondary N) is 1. The van der Waals surface area contributed by atoms with E-state index in [1.807, 2.05) is 49.4 Å². The highest BCUT2D eigenvalue weighted by atomic mass is 32.2. The van der Waals surface area contributed by atoms with Gasteiger partial charge < -0.3 is 14.6 Å². The Kier molecular flexibility index (Phi) is 6.08. The second-order valence-corrected chi connectivity index (χ2v) is 9.89. The third-order valence-corrected chi connectivity index (χ3v) is 7.17. The van der Waals surface area contributed by atoms with Crippen LogP contribution in [0.3, 0.4) is 0 Å². The first-order chi connectivity index (χ1) is 16.4. The maximum atomic E-state index is 12.3. The molecule has 0 saturated carbocycles. The van der Waals surface area contributed by atoms with Crippen molar-refractivity contribution in [2.45, 2.75) is 23.9 Å². The van der Waals surface area contributed by atoms with Gasteiger partial charge in [0.2, 0.25) is 0 Å². The number of para-hydroxylation sites is 1. The molecule has 1 N–H and O–H groups in total. The van der Waals surface area contributed by atoms with E-state index in [9.17, 15) is 9.59 Å². The third-order valence-electron chi connectivity index (χ3n) is 4.97. The van der Waals surface area contributed by atoms with E-state index in [4.69, 9.17) is 9.26 Å². The summed E-state index contributed by atoms with van der Waals surface area (Å²) < 4.78 is 13.9. The standard InChI is InChI=1S/C24H20N4O4S2/c1-14-5-3-4-6-19(14)31-12-22(29)26-16-7-8-18-20(10-16)34-24(27-18)33-13-17-11-23(30)28-21(25-17)9-15(2)32-28/h3-11H,12-13H2,1-2H3,(H,26,29). The van der Waals surface area contributed by atoms with Crippen molar-refractivity contribution in [1.29, 1.82) is 0 Å². The Morgan fingerprint density at radius 1 is 1.15 bits per heavy atom. The van der Waals surface area contributed by atoms with E-state index in [2.05, 4.69) is 15.3 Å². The first-order valence-corrected chi connectivity index (χ1v) is 12.3. The zero-order chi connectivity index (χ0) is 23.7. The van der Waals surface area contributed by atoms with E-state index in [1.165, 1.54) is 33.7 Å². The number of thioether (sulfide) groups is 1. The molecule has 0 atom stereocenters. The highest BCUT2D eigenvalue weighted by Gasteiger charge is 2.11. The fourth-order valence-electron chi connectivity index (χ4n) is 3.39. The molecule has 5 aromatic rings. The van der Waals surface area contributed by atoms with Gasteiger partial charge in [0.25, 0.3) is 11.5 Å². The van der Waals surface area contributed by atoms with Gasteiger partial charge in [-0.05, 0) is 43.7 Å². The smallest absolute Gasteiger partial charge is 0.287 e. The van der Waals surface area contributed by atoms with Gasteiger partial charge in [-0.25, -0.2) is 9.97 Å². The summed E-state index contributed by atoms with van der Waals surface area (Å²) in [4.78, 5) is 33.6. The average molecular weight is 493 g/mol. The number of carbonyl (C=O) groups excluding carboxylic acids is 1. The predicted molar refractivity (Wildman–Crippen MR) is 133 cm³/mol. The van der Waals surface area contributed by atoms with E-state index in [0.717, 1.165) is 20.1 Å². The predicted octanol–water partition coefficient (Wildman–Crippen LogP) is 4.82. The van der Waals surface area contributed by atoms with Gasteiger partial charge in [0.1, 0.15) is 11.5 Å². The topological polar surface area (TPSA) is 98.7 Å². The molecule has 0 unspecified atom stereocenters. The summed E-state index contributed by atoms with van der Waals surface area (Å²) in [6, 6.07) is 16.4. The second kappa shape index (κ2) is 9.32. The van der Waals surface area contributed by atoms with Crippen LogP contribution in [0.2, 0.25) is 0 Å². The van der Waals surface area contributed by atoms with E-state index in [-0.39, 0.29) is 18.1 Å². The number of rotatable bonds is 7. The van der Waals surface area contributed by atoms with E-state index < -0.39 is 0 Å². The molecule has 10 heteroatoms. The fraction of sp³-hybridized carbons (Fsp3) is 0.167. The molecule has 3 heterocycles. The number of hydrogen-bond acceptors (Lipinski definition) is 8. The summed E-state index contributed by atoms with van der Waals surface area (Å²) in [5.41, 5.74) is 3.42. The van der Waals surface area contributed by atoms with Gasteiger partial charge in [-0.2, -0.15) is 0 Å². The molecule has 0 fully saturated rings. The fourth-order valence-corrected chi connectivity index (χ4v) is 5.39. The van der Waals surface area contributed by atoms with Crippen molar-refractivity contribution in [2.24, 2.45) is 0 Å². The van der Waals surface area contributed by atoms with Gasteiger partial charge in [0.05, 0.1) is 15.9 Å². The Morgan fingerprint density at radius 2 is 2.00 bits per heavy atom. The first-order valence-electron chi connectivity index (χ1n) is 10.5. The molecule has 3 aromatic heterocycles. The van der Waals surface area contributed by atoms with Crippen LogP contribution in [0.4, 0.5) is 5.69 Å². The SMILES string of the molecule is Cc1cc2nc(CSc3nc4ccc(NC(=O)COc5ccccc5C)cc4s3)cc(=O)n2o1. The Morgan fingerprint density at radius 3 is 2.85 bits per heavy atom. The van der Waals surface area contributed by atoms with Crippen molar-refractivity contribution in [3.8, 4) is 5.75 Å². The van der Waals surface area contributed by atoms with Crippen molar-refractivity contribution in [1.82, 2.24) is 14.5 Å². The van der Waals surface area contributed by atoms with Crippen molar-refractivity contribution in [2.75, 3.05) is 11.9 Å². The van der Waals surface area contributed by atoms with Gasteiger partial charge in [0, 0.05) is 23.6 Å². The summed E-state index contributed by atoms with van der Waals surface area (Å²) in [6.07, 6.45) is 0. The summed E-state index contributed by atoms with van der Waals surface area (Å²) in [5, 5.41) is 2.87. The lowest BCUT2D eigenvalue weighted by atomic mass is 10.2. The third kappa shape index (κ3) is 4.82. The zero-order valence-electron chi connectivity index (χ0n) is 18.4. The lowest BCUT2D eigenvalue weighted by Crippen LogP contribution is -2.20. The van der Waals surface area contributed by atoms with Crippen LogP contribution < -0.4 is 15.6 Å². The number of nitrogens with zero attached hydrogens (tertiary/aromatic N) is 3. The monoisotopic (exact) mass is 492 g/mol. The molecular weight excluding hydrogens is 472 g/mol.